The van der Waals surface area contributed by atoms with Gasteiger partial charge in [-0.15, -0.1) is 0 Å². The highest BCUT2D eigenvalue weighted by atomic mass is 19.1. The fourth-order valence-corrected chi connectivity index (χ4v) is 2.68. The van der Waals surface area contributed by atoms with Crippen LogP contribution in [0.15, 0.2) is 36.4 Å². The topological polar surface area (TPSA) is 75.4 Å². The van der Waals surface area contributed by atoms with E-state index >= 15 is 0 Å². The van der Waals surface area contributed by atoms with Crippen LogP contribution in [-0.2, 0) is 6.42 Å². The average molecular weight is 304 g/mol. The van der Waals surface area contributed by atoms with Gasteiger partial charge in [-0.3, -0.25) is 4.79 Å². The number of anilines is 1. The molecule has 22 heavy (non-hydrogen) atoms. The summed E-state index contributed by atoms with van der Waals surface area (Å²) in [6.45, 7) is 0. The highest BCUT2D eigenvalue weighted by Gasteiger charge is 2.32. The third kappa shape index (κ3) is 2.53. The SMILES string of the molecule is Nc1cc(C(=O)NC2c3cc(F)ccc3CC2O)ccc1F. The third-order valence-corrected chi connectivity index (χ3v) is 3.80. The van der Waals surface area contributed by atoms with E-state index in [1.54, 1.807) is 6.07 Å². The number of aliphatic hydroxyl groups excluding tert-OH is 1. The van der Waals surface area contributed by atoms with Crippen molar-refractivity contribution >= 4 is 11.6 Å². The molecule has 2 aromatic rings. The van der Waals surface area contributed by atoms with E-state index in [0.717, 1.165) is 11.6 Å². The zero-order valence-electron chi connectivity index (χ0n) is 11.5. The van der Waals surface area contributed by atoms with E-state index in [1.165, 1.54) is 24.3 Å². The smallest absolute Gasteiger partial charge is 0.251 e. The molecule has 1 amide bonds. The predicted octanol–water partition coefficient (Wildman–Crippen LogP) is 1.94. The lowest BCUT2D eigenvalue weighted by atomic mass is 10.1. The molecule has 2 atom stereocenters. The number of amides is 1. The van der Waals surface area contributed by atoms with Crippen LogP contribution in [0, 0.1) is 11.6 Å². The maximum atomic E-state index is 13.4. The first-order valence-electron chi connectivity index (χ1n) is 6.78. The lowest BCUT2D eigenvalue weighted by Gasteiger charge is -2.18. The summed E-state index contributed by atoms with van der Waals surface area (Å²) in [5.74, 6) is -1.55. The molecule has 0 bridgehead atoms. The van der Waals surface area contributed by atoms with Crippen molar-refractivity contribution in [1.29, 1.82) is 0 Å². The molecule has 0 radical (unpaired) electrons. The van der Waals surface area contributed by atoms with Crippen molar-refractivity contribution in [1.82, 2.24) is 5.32 Å². The molecule has 1 aliphatic carbocycles. The average Bonchev–Trinajstić information content (AvgIpc) is 2.78. The summed E-state index contributed by atoms with van der Waals surface area (Å²) < 4.78 is 26.5. The Balaban J connectivity index is 1.85. The van der Waals surface area contributed by atoms with Crippen LogP contribution in [-0.4, -0.2) is 17.1 Å². The zero-order chi connectivity index (χ0) is 15.9. The number of hydrogen-bond acceptors (Lipinski definition) is 3. The molecule has 1 aliphatic rings. The fourth-order valence-electron chi connectivity index (χ4n) is 2.68. The van der Waals surface area contributed by atoms with Crippen molar-refractivity contribution in [2.24, 2.45) is 0 Å². The predicted molar refractivity (Wildman–Crippen MR) is 77.1 cm³/mol. The second-order valence-corrected chi connectivity index (χ2v) is 5.30. The van der Waals surface area contributed by atoms with Crippen LogP contribution in [0.2, 0.25) is 0 Å². The molecule has 4 nitrogen and oxygen atoms in total. The van der Waals surface area contributed by atoms with Gasteiger partial charge in [0.15, 0.2) is 0 Å². The molecular weight excluding hydrogens is 290 g/mol. The van der Waals surface area contributed by atoms with Crippen molar-refractivity contribution in [3.8, 4) is 0 Å². The molecule has 0 fully saturated rings. The number of benzene rings is 2. The highest BCUT2D eigenvalue weighted by Crippen LogP contribution is 2.32. The summed E-state index contributed by atoms with van der Waals surface area (Å²) in [4.78, 5) is 12.2. The maximum Gasteiger partial charge on any atom is 0.251 e. The second-order valence-electron chi connectivity index (χ2n) is 5.30. The van der Waals surface area contributed by atoms with Crippen LogP contribution in [0.3, 0.4) is 0 Å². The second kappa shape index (κ2) is 5.38. The van der Waals surface area contributed by atoms with Gasteiger partial charge in [0.05, 0.1) is 17.8 Å². The van der Waals surface area contributed by atoms with E-state index in [4.69, 9.17) is 5.73 Å². The van der Waals surface area contributed by atoms with Gasteiger partial charge in [0.1, 0.15) is 11.6 Å². The first kappa shape index (κ1) is 14.5. The minimum Gasteiger partial charge on any atom is -0.396 e. The van der Waals surface area contributed by atoms with Crippen molar-refractivity contribution in [2.45, 2.75) is 18.6 Å². The number of rotatable bonds is 2. The number of fused-ring (bicyclic) bond motifs is 1. The van der Waals surface area contributed by atoms with Gasteiger partial charge < -0.3 is 16.2 Å². The molecule has 0 spiro atoms. The minimum atomic E-state index is -0.835. The number of nitrogen functional groups attached to an aromatic ring is 1. The summed E-state index contributed by atoms with van der Waals surface area (Å²) in [7, 11) is 0. The van der Waals surface area contributed by atoms with Gasteiger partial charge in [0.2, 0.25) is 0 Å². The number of hydrogen-bond donors (Lipinski definition) is 3. The molecule has 0 heterocycles. The van der Waals surface area contributed by atoms with Crippen LogP contribution in [0.4, 0.5) is 14.5 Å². The van der Waals surface area contributed by atoms with E-state index in [9.17, 15) is 18.7 Å². The van der Waals surface area contributed by atoms with Crippen LogP contribution in [0.25, 0.3) is 0 Å². The van der Waals surface area contributed by atoms with Gasteiger partial charge in [-0.1, -0.05) is 6.07 Å². The Hall–Kier alpha value is -2.47. The van der Waals surface area contributed by atoms with E-state index < -0.39 is 29.7 Å². The summed E-state index contributed by atoms with van der Waals surface area (Å²) in [5.41, 5.74) is 6.82. The summed E-state index contributed by atoms with van der Waals surface area (Å²) in [6, 6.07) is 7.13. The minimum absolute atomic E-state index is 0.133. The Labute approximate surface area is 125 Å². The number of carbonyl (C=O) groups is 1. The van der Waals surface area contributed by atoms with Crippen molar-refractivity contribution < 1.29 is 18.7 Å². The first-order valence-corrected chi connectivity index (χ1v) is 6.78. The van der Waals surface area contributed by atoms with Crippen molar-refractivity contribution in [3.63, 3.8) is 0 Å². The van der Waals surface area contributed by atoms with Gasteiger partial charge in [0, 0.05) is 12.0 Å². The number of nitrogens with one attached hydrogen (secondary N) is 1. The molecule has 0 aliphatic heterocycles. The van der Waals surface area contributed by atoms with E-state index in [0.29, 0.717) is 12.0 Å². The molecule has 2 unspecified atom stereocenters. The van der Waals surface area contributed by atoms with Crippen LogP contribution in [0.5, 0.6) is 0 Å². The number of aliphatic hydroxyl groups is 1. The van der Waals surface area contributed by atoms with E-state index in [-0.39, 0.29) is 11.3 Å². The third-order valence-electron chi connectivity index (χ3n) is 3.80. The Morgan fingerprint density at radius 3 is 2.73 bits per heavy atom. The fraction of sp³-hybridized carbons (Fsp3) is 0.188. The number of nitrogens with two attached hydrogens (primary N) is 1. The molecule has 6 heteroatoms. The van der Waals surface area contributed by atoms with Gasteiger partial charge in [-0.05, 0) is 41.5 Å². The molecular formula is C16H14F2N2O2. The molecule has 3 rings (SSSR count). The largest absolute Gasteiger partial charge is 0.396 e. The monoisotopic (exact) mass is 304 g/mol. The quantitative estimate of drug-likeness (QED) is 0.742. The van der Waals surface area contributed by atoms with E-state index in [2.05, 4.69) is 5.32 Å². The lowest BCUT2D eigenvalue weighted by molar-refractivity contribution is 0.0858. The standard InChI is InChI=1S/C16H14F2N2O2/c17-10-3-1-8-6-14(21)15(11(8)7-10)20-16(22)9-2-4-12(18)13(19)5-9/h1-5,7,14-15,21H,6,19H2,(H,20,22). The molecule has 4 N–H and O–H groups in total. The highest BCUT2D eigenvalue weighted by molar-refractivity contribution is 5.95. The van der Waals surface area contributed by atoms with Gasteiger partial charge in [0.25, 0.3) is 5.91 Å². The molecule has 0 aromatic heterocycles. The normalized spacial score (nSPS) is 19.8. The van der Waals surface area contributed by atoms with Crippen LogP contribution in [0.1, 0.15) is 27.5 Å². The van der Waals surface area contributed by atoms with Gasteiger partial charge in [-0.25, -0.2) is 8.78 Å². The van der Waals surface area contributed by atoms with Crippen LogP contribution < -0.4 is 11.1 Å². The van der Waals surface area contributed by atoms with E-state index in [1.807, 2.05) is 0 Å². The molecule has 114 valence electrons. The Kier molecular flexibility index (Phi) is 3.54. The Bertz CT molecular complexity index is 749. The first-order chi connectivity index (χ1) is 10.5. The van der Waals surface area contributed by atoms with Crippen molar-refractivity contribution in [3.05, 3.63) is 64.7 Å². The zero-order valence-corrected chi connectivity index (χ0v) is 11.5. The molecule has 0 saturated carbocycles. The van der Waals surface area contributed by atoms with Crippen molar-refractivity contribution in [2.75, 3.05) is 5.73 Å². The Morgan fingerprint density at radius 2 is 2.00 bits per heavy atom. The number of carbonyl (C=O) groups excluding carboxylic acids is 1. The Morgan fingerprint density at radius 1 is 1.23 bits per heavy atom. The van der Waals surface area contributed by atoms with Crippen LogP contribution >= 0.6 is 0 Å². The molecule has 2 aromatic carbocycles. The van der Waals surface area contributed by atoms with Gasteiger partial charge in [-0.2, -0.15) is 0 Å². The maximum absolute atomic E-state index is 13.4. The lowest BCUT2D eigenvalue weighted by Crippen LogP contribution is -2.34. The molecule has 0 saturated heterocycles. The summed E-state index contributed by atoms with van der Waals surface area (Å²) in [6.07, 6.45) is -0.495. The number of halogens is 2. The summed E-state index contributed by atoms with van der Waals surface area (Å²) in [5, 5.41) is 12.7. The summed E-state index contributed by atoms with van der Waals surface area (Å²) >= 11 is 0. The van der Waals surface area contributed by atoms with Gasteiger partial charge >= 0.3 is 0 Å².